The van der Waals surface area contributed by atoms with Gasteiger partial charge >= 0.3 is 6.18 Å². The Morgan fingerprint density at radius 1 is 1.19 bits per heavy atom. The first kappa shape index (κ1) is 23.5. The smallest absolute Gasteiger partial charge is 0.405 e. The lowest BCUT2D eigenvalue weighted by molar-refractivity contribution is -0.143. The number of nitrogens with one attached hydrogen (secondary N) is 2. The summed E-state index contributed by atoms with van der Waals surface area (Å²) in [5, 5.41) is 2.68. The molecule has 0 aliphatic rings. The average Bonchev–Trinajstić information content (AvgIpc) is 3.13. The summed E-state index contributed by atoms with van der Waals surface area (Å²) < 4.78 is 43.6. The van der Waals surface area contributed by atoms with Gasteiger partial charge < -0.3 is 20.8 Å². The summed E-state index contributed by atoms with van der Waals surface area (Å²) in [6, 6.07) is 3.51. The summed E-state index contributed by atoms with van der Waals surface area (Å²) in [5.74, 6) is -0.820. The number of aromatic nitrogens is 3. The third-order valence-corrected chi connectivity index (χ3v) is 5.14. The van der Waals surface area contributed by atoms with Crippen molar-refractivity contribution in [3.8, 4) is 16.9 Å². The molecule has 3 heterocycles. The van der Waals surface area contributed by atoms with Crippen LogP contribution in [-0.4, -0.2) is 39.7 Å². The highest BCUT2D eigenvalue weighted by molar-refractivity contribution is 5.95. The Labute approximate surface area is 183 Å². The maximum Gasteiger partial charge on any atom is 0.405 e. The number of pyridine rings is 2. The zero-order valence-electron chi connectivity index (χ0n) is 18.2. The molecule has 0 spiro atoms. The largest absolute Gasteiger partial charge is 0.489 e. The Bertz CT molecular complexity index is 1110. The van der Waals surface area contributed by atoms with Crippen molar-refractivity contribution in [2.24, 2.45) is 11.7 Å². The van der Waals surface area contributed by atoms with Crippen molar-refractivity contribution in [3.05, 3.63) is 42.5 Å². The molecule has 32 heavy (non-hydrogen) atoms. The number of amides is 1. The average molecular weight is 449 g/mol. The Kier molecular flexibility index (Phi) is 6.45. The molecule has 4 N–H and O–H groups in total. The Morgan fingerprint density at radius 3 is 2.53 bits per heavy atom. The van der Waals surface area contributed by atoms with E-state index in [1.807, 2.05) is 25.2 Å². The molecule has 0 aromatic carbocycles. The van der Waals surface area contributed by atoms with Gasteiger partial charge in [-0.1, -0.05) is 13.8 Å². The van der Waals surface area contributed by atoms with Gasteiger partial charge in [0.15, 0.2) is 0 Å². The number of fused-ring (bicyclic) bond motifs is 1. The van der Waals surface area contributed by atoms with Crippen molar-refractivity contribution in [1.82, 2.24) is 20.3 Å². The maximum absolute atomic E-state index is 12.7. The second kappa shape index (κ2) is 8.78. The van der Waals surface area contributed by atoms with Crippen molar-refractivity contribution >= 4 is 16.9 Å². The molecular formula is C22H26F3N5O2. The number of rotatable bonds is 7. The van der Waals surface area contributed by atoms with Crippen LogP contribution in [0.2, 0.25) is 0 Å². The van der Waals surface area contributed by atoms with Crippen LogP contribution in [0.4, 0.5) is 13.2 Å². The first-order valence-corrected chi connectivity index (χ1v) is 10.2. The van der Waals surface area contributed by atoms with Gasteiger partial charge in [-0.3, -0.25) is 9.78 Å². The third-order valence-electron chi connectivity index (χ3n) is 5.14. The van der Waals surface area contributed by atoms with E-state index >= 15 is 0 Å². The van der Waals surface area contributed by atoms with E-state index in [4.69, 9.17) is 10.5 Å². The zero-order chi connectivity index (χ0) is 23.7. The first-order valence-electron chi connectivity index (χ1n) is 10.2. The van der Waals surface area contributed by atoms with Gasteiger partial charge in [-0.25, -0.2) is 4.98 Å². The number of halogens is 3. The number of carbonyl (C=O) groups is 1. The monoisotopic (exact) mass is 449 g/mol. The lowest BCUT2D eigenvalue weighted by Gasteiger charge is -2.32. The van der Waals surface area contributed by atoms with Crippen LogP contribution in [0.25, 0.3) is 22.2 Å². The van der Waals surface area contributed by atoms with Gasteiger partial charge in [0, 0.05) is 40.7 Å². The highest BCUT2D eigenvalue weighted by atomic mass is 19.4. The molecule has 3 aromatic rings. The first-order chi connectivity index (χ1) is 14.9. The molecule has 0 saturated heterocycles. The number of hydrogen-bond donors (Lipinski definition) is 3. The maximum atomic E-state index is 12.7. The highest BCUT2D eigenvalue weighted by Gasteiger charge is 2.41. The molecular weight excluding hydrogens is 423 g/mol. The molecule has 172 valence electrons. The SMILES string of the molecule is CC(C)Oc1cnc2[nH]cc(-c3cncc([C@](N)(C(=O)NCC(F)(F)F)C(C)C)c3)c2c1. The lowest BCUT2D eigenvalue weighted by Crippen LogP contribution is -2.56. The van der Waals surface area contributed by atoms with Crippen LogP contribution in [0, 0.1) is 5.92 Å². The van der Waals surface area contributed by atoms with Crippen LogP contribution in [0.15, 0.2) is 36.9 Å². The van der Waals surface area contributed by atoms with E-state index in [1.165, 1.54) is 6.20 Å². The summed E-state index contributed by atoms with van der Waals surface area (Å²) in [6.07, 6.45) is 1.79. The molecule has 3 aromatic heterocycles. The summed E-state index contributed by atoms with van der Waals surface area (Å²) >= 11 is 0. The number of ether oxygens (including phenoxy) is 1. The van der Waals surface area contributed by atoms with Crippen LogP contribution in [0.3, 0.4) is 0 Å². The lowest BCUT2D eigenvalue weighted by atomic mass is 9.80. The summed E-state index contributed by atoms with van der Waals surface area (Å²) in [5.41, 5.74) is 7.01. The minimum atomic E-state index is -4.54. The minimum Gasteiger partial charge on any atom is -0.489 e. The Morgan fingerprint density at radius 2 is 1.91 bits per heavy atom. The van der Waals surface area contributed by atoms with E-state index in [2.05, 4.69) is 15.0 Å². The molecule has 0 unspecified atom stereocenters. The molecule has 0 aliphatic carbocycles. The summed E-state index contributed by atoms with van der Waals surface area (Å²) in [6.45, 7) is 5.70. The van der Waals surface area contributed by atoms with E-state index in [0.29, 0.717) is 22.5 Å². The van der Waals surface area contributed by atoms with E-state index in [1.54, 1.807) is 38.5 Å². The number of alkyl halides is 3. The van der Waals surface area contributed by atoms with Gasteiger partial charge in [-0.2, -0.15) is 13.2 Å². The molecule has 7 nitrogen and oxygen atoms in total. The normalized spacial score (nSPS) is 14.1. The molecule has 0 aliphatic heterocycles. The van der Waals surface area contributed by atoms with Crippen molar-refractivity contribution < 1.29 is 22.7 Å². The fraction of sp³-hybridized carbons (Fsp3) is 0.409. The van der Waals surface area contributed by atoms with Gasteiger partial charge in [0.2, 0.25) is 5.91 Å². The Hall–Kier alpha value is -3.14. The molecule has 10 heteroatoms. The molecule has 3 rings (SSSR count). The predicted molar refractivity (Wildman–Crippen MR) is 115 cm³/mol. The van der Waals surface area contributed by atoms with Crippen LogP contribution in [0.5, 0.6) is 5.75 Å². The molecule has 0 fully saturated rings. The Balaban J connectivity index is 2.02. The fourth-order valence-electron chi connectivity index (χ4n) is 3.43. The van der Waals surface area contributed by atoms with E-state index in [0.717, 1.165) is 10.9 Å². The number of H-pyrrole nitrogens is 1. The zero-order valence-corrected chi connectivity index (χ0v) is 18.2. The molecule has 1 amide bonds. The minimum absolute atomic E-state index is 0.0271. The van der Waals surface area contributed by atoms with Crippen molar-refractivity contribution in [2.45, 2.75) is 45.5 Å². The van der Waals surface area contributed by atoms with Crippen LogP contribution in [0.1, 0.15) is 33.3 Å². The van der Waals surface area contributed by atoms with Gasteiger partial charge in [0.05, 0.1) is 12.3 Å². The van der Waals surface area contributed by atoms with E-state index in [-0.39, 0.29) is 6.10 Å². The highest BCUT2D eigenvalue weighted by Crippen LogP contribution is 2.34. The number of aromatic amines is 1. The number of hydrogen-bond acceptors (Lipinski definition) is 5. The standard InChI is InChI=1S/C22H26F3N5O2/c1-12(2)22(26,20(31)30-11-21(23,24)25)15-5-14(7-27-8-15)18-10-29-19-17(18)6-16(9-28-19)32-13(3)4/h5-10,12-13H,11,26H2,1-4H3,(H,28,29)(H,30,31)/t22-/m0/s1. The second-order valence-corrected chi connectivity index (χ2v) is 8.22. The van der Waals surface area contributed by atoms with Crippen molar-refractivity contribution in [3.63, 3.8) is 0 Å². The molecule has 1 atom stereocenters. The third kappa shape index (κ3) is 4.85. The van der Waals surface area contributed by atoms with Gasteiger partial charge in [0.25, 0.3) is 0 Å². The number of nitrogens with zero attached hydrogens (tertiary/aromatic N) is 2. The second-order valence-electron chi connectivity index (χ2n) is 8.22. The fourth-order valence-corrected chi connectivity index (χ4v) is 3.43. The molecule has 0 radical (unpaired) electrons. The van der Waals surface area contributed by atoms with Gasteiger partial charge in [-0.15, -0.1) is 0 Å². The predicted octanol–water partition coefficient (Wildman–Crippen LogP) is 3.90. The van der Waals surface area contributed by atoms with Crippen LogP contribution < -0.4 is 15.8 Å². The number of carbonyl (C=O) groups excluding carboxylic acids is 1. The summed E-state index contributed by atoms with van der Waals surface area (Å²) in [4.78, 5) is 24.4. The number of nitrogens with two attached hydrogens (primary N) is 1. The van der Waals surface area contributed by atoms with Crippen LogP contribution >= 0.6 is 0 Å². The molecule has 0 saturated carbocycles. The molecule has 0 bridgehead atoms. The van der Waals surface area contributed by atoms with Crippen molar-refractivity contribution in [1.29, 1.82) is 0 Å². The van der Waals surface area contributed by atoms with Crippen LogP contribution in [-0.2, 0) is 10.3 Å². The van der Waals surface area contributed by atoms with Gasteiger partial charge in [-0.05, 0) is 31.9 Å². The van der Waals surface area contributed by atoms with E-state index < -0.39 is 30.1 Å². The topological polar surface area (TPSA) is 106 Å². The quantitative estimate of drug-likeness (QED) is 0.507. The summed E-state index contributed by atoms with van der Waals surface area (Å²) in [7, 11) is 0. The van der Waals surface area contributed by atoms with E-state index in [9.17, 15) is 18.0 Å². The van der Waals surface area contributed by atoms with Crippen molar-refractivity contribution in [2.75, 3.05) is 6.54 Å². The van der Waals surface area contributed by atoms with Gasteiger partial charge in [0.1, 0.15) is 23.5 Å².